The molecule has 0 spiro atoms. The van der Waals surface area contributed by atoms with E-state index in [1.54, 1.807) is 19.1 Å². The zero-order chi connectivity index (χ0) is 11.4. The first-order valence-corrected chi connectivity index (χ1v) is 4.60. The highest BCUT2D eigenvalue weighted by Gasteiger charge is 2.16. The Morgan fingerprint density at radius 1 is 1.60 bits per heavy atom. The van der Waals surface area contributed by atoms with Gasteiger partial charge in [-0.3, -0.25) is 4.79 Å². The molecule has 1 atom stereocenters. The highest BCUT2D eigenvalue weighted by molar-refractivity contribution is 5.69. The van der Waals surface area contributed by atoms with Gasteiger partial charge in [-0.1, -0.05) is 19.1 Å². The molecule has 0 amide bonds. The van der Waals surface area contributed by atoms with Crippen LogP contribution in [0, 0.1) is 11.7 Å². The summed E-state index contributed by atoms with van der Waals surface area (Å²) in [6.07, 6.45) is 0.165. The molecule has 0 radical (unpaired) electrons. The third-order valence-corrected chi connectivity index (χ3v) is 2.21. The zero-order valence-electron chi connectivity index (χ0n) is 8.66. The molecule has 0 saturated carbocycles. The molecule has 0 aliphatic carbocycles. The van der Waals surface area contributed by atoms with Crippen molar-refractivity contribution >= 4 is 5.97 Å². The molecule has 0 saturated heterocycles. The summed E-state index contributed by atoms with van der Waals surface area (Å²) in [7, 11) is 1.38. The van der Waals surface area contributed by atoms with E-state index in [1.807, 2.05) is 0 Å². The van der Waals surface area contributed by atoms with Gasteiger partial charge in [0.25, 0.3) is 0 Å². The van der Waals surface area contributed by atoms with Gasteiger partial charge >= 0.3 is 5.97 Å². The normalized spacial score (nSPS) is 12.2. The van der Waals surface area contributed by atoms with E-state index in [2.05, 4.69) is 0 Å². The summed E-state index contributed by atoms with van der Waals surface area (Å²) in [5.74, 6) is -1.87. The molecule has 1 aromatic carbocycles. The Balaban J connectivity index is 2.90. The predicted octanol–water partition coefficient (Wildman–Crippen LogP) is 2.10. The van der Waals surface area contributed by atoms with Crippen LogP contribution in [-0.4, -0.2) is 18.2 Å². The highest BCUT2D eigenvalue weighted by atomic mass is 19.1. The van der Waals surface area contributed by atoms with Crippen LogP contribution >= 0.6 is 0 Å². The lowest BCUT2D eigenvalue weighted by atomic mass is 10.0. The van der Waals surface area contributed by atoms with Gasteiger partial charge in [0.15, 0.2) is 11.6 Å². The van der Waals surface area contributed by atoms with Gasteiger partial charge < -0.3 is 9.84 Å². The maximum Gasteiger partial charge on any atom is 0.306 e. The lowest BCUT2D eigenvalue weighted by Gasteiger charge is -2.09. The molecule has 0 aliphatic heterocycles. The molecule has 0 bridgehead atoms. The van der Waals surface area contributed by atoms with Crippen LogP contribution < -0.4 is 4.74 Å². The van der Waals surface area contributed by atoms with Gasteiger partial charge in [-0.2, -0.15) is 0 Å². The SMILES string of the molecule is COc1cccc(C[C@@H](C)C(=O)O)c1F. The second-order valence-electron chi connectivity index (χ2n) is 3.38. The Morgan fingerprint density at radius 3 is 2.80 bits per heavy atom. The van der Waals surface area contributed by atoms with Crippen LogP contribution in [-0.2, 0) is 11.2 Å². The lowest BCUT2D eigenvalue weighted by Crippen LogP contribution is -2.13. The van der Waals surface area contributed by atoms with Gasteiger partial charge in [0.2, 0.25) is 0 Å². The van der Waals surface area contributed by atoms with Crippen molar-refractivity contribution in [3.63, 3.8) is 0 Å². The number of hydrogen-bond acceptors (Lipinski definition) is 2. The Morgan fingerprint density at radius 2 is 2.27 bits per heavy atom. The first-order chi connectivity index (χ1) is 7.06. The fraction of sp³-hybridized carbons (Fsp3) is 0.364. The highest BCUT2D eigenvalue weighted by Crippen LogP contribution is 2.22. The fourth-order valence-corrected chi connectivity index (χ4v) is 1.29. The van der Waals surface area contributed by atoms with Gasteiger partial charge in [-0.25, -0.2) is 4.39 Å². The molecule has 15 heavy (non-hydrogen) atoms. The van der Waals surface area contributed by atoms with Crippen molar-refractivity contribution in [3.05, 3.63) is 29.6 Å². The standard InChI is InChI=1S/C11H13FO3/c1-7(11(13)14)6-8-4-3-5-9(15-2)10(8)12/h3-5,7H,6H2,1-2H3,(H,13,14)/t7-/m1/s1. The van der Waals surface area contributed by atoms with E-state index in [9.17, 15) is 9.18 Å². The number of rotatable bonds is 4. The van der Waals surface area contributed by atoms with Crippen LogP contribution in [0.3, 0.4) is 0 Å². The molecule has 0 aliphatic rings. The minimum atomic E-state index is -0.933. The van der Waals surface area contributed by atoms with Crippen LogP contribution in [0.2, 0.25) is 0 Å². The Kier molecular flexibility index (Phi) is 3.66. The smallest absolute Gasteiger partial charge is 0.306 e. The molecule has 1 N–H and O–H groups in total. The lowest BCUT2D eigenvalue weighted by molar-refractivity contribution is -0.141. The number of methoxy groups -OCH3 is 1. The summed E-state index contributed by atoms with van der Waals surface area (Å²) in [5.41, 5.74) is 0.365. The van der Waals surface area contributed by atoms with Crippen molar-refractivity contribution in [1.29, 1.82) is 0 Å². The zero-order valence-corrected chi connectivity index (χ0v) is 8.66. The van der Waals surface area contributed by atoms with E-state index in [4.69, 9.17) is 9.84 Å². The number of aliphatic carboxylic acids is 1. The van der Waals surface area contributed by atoms with Crippen LogP contribution in [0.25, 0.3) is 0 Å². The third-order valence-electron chi connectivity index (χ3n) is 2.21. The van der Waals surface area contributed by atoms with E-state index in [0.29, 0.717) is 5.56 Å². The predicted molar refractivity (Wildman–Crippen MR) is 53.5 cm³/mol. The number of benzene rings is 1. The summed E-state index contributed by atoms with van der Waals surface area (Å²) in [6.45, 7) is 1.54. The minimum Gasteiger partial charge on any atom is -0.494 e. The van der Waals surface area contributed by atoms with Gasteiger partial charge in [-0.05, 0) is 18.1 Å². The molecule has 0 unspecified atom stereocenters. The topological polar surface area (TPSA) is 46.5 Å². The maximum absolute atomic E-state index is 13.6. The maximum atomic E-state index is 13.6. The molecule has 0 heterocycles. The molecular weight excluding hydrogens is 199 g/mol. The summed E-state index contributed by atoms with van der Waals surface area (Å²) >= 11 is 0. The van der Waals surface area contributed by atoms with Crippen molar-refractivity contribution in [2.24, 2.45) is 5.92 Å². The first kappa shape index (κ1) is 11.5. The number of carboxylic acids is 1. The number of carbonyl (C=O) groups is 1. The Labute approximate surface area is 87.5 Å². The summed E-state index contributed by atoms with van der Waals surface area (Å²) in [4.78, 5) is 10.6. The molecule has 1 aromatic rings. The van der Waals surface area contributed by atoms with Crippen LogP contribution in [0.4, 0.5) is 4.39 Å². The van der Waals surface area contributed by atoms with E-state index < -0.39 is 17.7 Å². The number of halogens is 1. The molecular formula is C11H13FO3. The summed E-state index contributed by atoms with van der Waals surface area (Å²) in [6, 6.07) is 4.72. The quantitative estimate of drug-likeness (QED) is 0.831. The monoisotopic (exact) mass is 212 g/mol. The average Bonchev–Trinajstić information content (AvgIpc) is 2.21. The van der Waals surface area contributed by atoms with Crippen LogP contribution in [0.1, 0.15) is 12.5 Å². The molecule has 0 aromatic heterocycles. The molecule has 82 valence electrons. The van der Waals surface area contributed by atoms with Gasteiger partial charge in [0.1, 0.15) is 0 Å². The molecule has 4 heteroatoms. The Bertz CT molecular complexity index is 363. The van der Waals surface area contributed by atoms with E-state index in [0.717, 1.165) is 0 Å². The number of carboxylic acid groups (broad SMARTS) is 1. The van der Waals surface area contributed by atoms with Crippen LogP contribution in [0.5, 0.6) is 5.75 Å². The summed E-state index contributed by atoms with van der Waals surface area (Å²) < 4.78 is 18.4. The second-order valence-corrected chi connectivity index (χ2v) is 3.38. The fourth-order valence-electron chi connectivity index (χ4n) is 1.29. The van der Waals surface area contributed by atoms with Crippen LogP contribution in [0.15, 0.2) is 18.2 Å². The van der Waals surface area contributed by atoms with Crippen molar-refractivity contribution in [1.82, 2.24) is 0 Å². The van der Waals surface area contributed by atoms with Crippen molar-refractivity contribution < 1.29 is 19.0 Å². The van der Waals surface area contributed by atoms with E-state index in [-0.39, 0.29) is 12.2 Å². The third kappa shape index (κ3) is 2.68. The number of hydrogen-bond donors (Lipinski definition) is 1. The average molecular weight is 212 g/mol. The molecule has 3 nitrogen and oxygen atoms in total. The summed E-state index contributed by atoms with van der Waals surface area (Å²) in [5, 5.41) is 8.71. The van der Waals surface area contributed by atoms with Crippen molar-refractivity contribution in [2.75, 3.05) is 7.11 Å². The molecule has 0 fully saturated rings. The van der Waals surface area contributed by atoms with Gasteiger partial charge in [-0.15, -0.1) is 0 Å². The Hall–Kier alpha value is -1.58. The van der Waals surface area contributed by atoms with E-state index >= 15 is 0 Å². The van der Waals surface area contributed by atoms with Gasteiger partial charge in [0.05, 0.1) is 13.0 Å². The number of ether oxygens (including phenoxy) is 1. The molecule has 1 rings (SSSR count). The van der Waals surface area contributed by atoms with Gasteiger partial charge in [0, 0.05) is 0 Å². The van der Waals surface area contributed by atoms with Crippen molar-refractivity contribution in [3.8, 4) is 5.75 Å². The largest absolute Gasteiger partial charge is 0.494 e. The van der Waals surface area contributed by atoms with Crippen molar-refractivity contribution in [2.45, 2.75) is 13.3 Å². The van der Waals surface area contributed by atoms with E-state index in [1.165, 1.54) is 13.2 Å². The first-order valence-electron chi connectivity index (χ1n) is 4.60. The second kappa shape index (κ2) is 4.77. The minimum absolute atomic E-state index is 0.144.